The fourth-order valence-electron chi connectivity index (χ4n) is 3.89. The van der Waals surface area contributed by atoms with Gasteiger partial charge in [-0.1, -0.05) is 0 Å². The van der Waals surface area contributed by atoms with Crippen molar-refractivity contribution in [2.75, 3.05) is 13.6 Å². The van der Waals surface area contributed by atoms with Gasteiger partial charge in [0.05, 0.1) is 16.5 Å². The molecule has 8 nitrogen and oxygen atoms in total. The molecule has 1 aliphatic rings. The maximum Gasteiger partial charge on any atom is 0.416 e. The third-order valence-electron chi connectivity index (χ3n) is 5.68. The quantitative estimate of drug-likeness (QED) is 0.473. The van der Waals surface area contributed by atoms with Crippen molar-refractivity contribution in [3.63, 3.8) is 0 Å². The van der Waals surface area contributed by atoms with Crippen molar-refractivity contribution in [1.82, 2.24) is 20.5 Å². The molecule has 3 amide bonds. The Kier molecular flexibility index (Phi) is 6.84. The average Bonchev–Trinajstić information content (AvgIpc) is 3.54. The molecule has 4 rings (SSSR count). The third-order valence-corrected chi connectivity index (χ3v) is 7.73. The number of thiophene rings is 1. The van der Waals surface area contributed by atoms with Crippen molar-refractivity contribution >= 4 is 50.5 Å². The Bertz CT molecular complexity index is 1290. The Balaban J connectivity index is 1.55. The van der Waals surface area contributed by atoms with Crippen LogP contribution in [0.1, 0.15) is 50.1 Å². The van der Waals surface area contributed by atoms with Crippen LogP contribution in [-0.2, 0) is 11.0 Å². The molecule has 0 aliphatic carbocycles. The van der Waals surface area contributed by atoms with E-state index in [2.05, 4.69) is 15.6 Å². The van der Waals surface area contributed by atoms with Crippen molar-refractivity contribution in [1.29, 1.82) is 0 Å². The molecule has 1 saturated heterocycles. The van der Waals surface area contributed by atoms with Gasteiger partial charge < -0.3 is 21.3 Å². The molecular formula is C22H22F3N5O3S2. The Hall–Kier alpha value is -3.03. The number of nitrogens with two attached hydrogens (primary N) is 1. The number of nitrogens with one attached hydrogen (secondary N) is 2. The van der Waals surface area contributed by atoms with E-state index in [0.717, 1.165) is 23.5 Å². The van der Waals surface area contributed by atoms with Crippen molar-refractivity contribution in [3.05, 3.63) is 50.8 Å². The van der Waals surface area contributed by atoms with E-state index in [1.54, 1.807) is 17.2 Å². The lowest BCUT2D eigenvalue weighted by molar-refractivity contribution is -0.137. The number of hydrogen-bond acceptors (Lipinski definition) is 7. The minimum Gasteiger partial charge on any atom is -0.357 e. The molecule has 13 heteroatoms. The number of fused-ring (bicyclic) bond motifs is 1. The van der Waals surface area contributed by atoms with Crippen LogP contribution in [0, 0.1) is 0 Å². The van der Waals surface area contributed by atoms with E-state index < -0.39 is 29.7 Å². The summed E-state index contributed by atoms with van der Waals surface area (Å²) < 4.78 is 39.7. The van der Waals surface area contributed by atoms with Crippen LogP contribution in [0.15, 0.2) is 29.6 Å². The molecular weight excluding hydrogens is 503 g/mol. The summed E-state index contributed by atoms with van der Waals surface area (Å²) in [6.45, 7) is 1.80. The fourth-order valence-corrected chi connectivity index (χ4v) is 5.81. The summed E-state index contributed by atoms with van der Waals surface area (Å²) in [5, 5.41) is 7.41. The molecule has 35 heavy (non-hydrogen) atoms. The first-order valence-electron chi connectivity index (χ1n) is 10.6. The third kappa shape index (κ3) is 5.16. The van der Waals surface area contributed by atoms with Crippen LogP contribution in [0.2, 0.25) is 0 Å². The number of alkyl halides is 3. The minimum atomic E-state index is -4.47. The second-order valence-corrected chi connectivity index (χ2v) is 10.2. The summed E-state index contributed by atoms with van der Waals surface area (Å²) in [7, 11) is 1.46. The van der Waals surface area contributed by atoms with Crippen LogP contribution >= 0.6 is 22.7 Å². The molecule has 0 bridgehead atoms. The predicted molar refractivity (Wildman–Crippen MR) is 126 cm³/mol. The fraction of sp³-hybridized carbons (Fsp3) is 0.364. The second kappa shape index (κ2) is 9.55. The van der Waals surface area contributed by atoms with Crippen LogP contribution in [0.5, 0.6) is 0 Å². The number of carbonyl (C=O) groups excluding carboxylic acids is 3. The topological polar surface area (TPSA) is 117 Å². The Morgan fingerprint density at radius 1 is 1.26 bits per heavy atom. The average molecular weight is 526 g/mol. The van der Waals surface area contributed by atoms with Crippen LogP contribution in [0.25, 0.3) is 10.1 Å². The Morgan fingerprint density at radius 2 is 2.00 bits per heavy atom. The normalized spacial score (nSPS) is 19.1. The van der Waals surface area contributed by atoms with Gasteiger partial charge in [0, 0.05) is 29.7 Å². The number of nitrogens with zero attached hydrogens (tertiary/aromatic N) is 2. The molecule has 3 atom stereocenters. The van der Waals surface area contributed by atoms with Gasteiger partial charge in [0.25, 0.3) is 11.8 Å². The van der Waals surface area contributed by atoms with Crippen LogP contribution in [-0.4, -0.2) is 53.3 Å². The summed E-state index contributed by atoms with van der Waals surface area (Å²) in [5.74, 6) is -1.22. The highest BCUT2D eigenvalue weighted by Crippen LogP contribution is 2.38. The number of likely N-dealkylation sites (tertiary alicyclic amines) is 1. The lowest BCUT2D eigenvalue weighted by Gasteiger charge is -2.22. The number of halogens is 3. The van der Waals surface area contributed by atoms with Gasteiger partial charge in [0.15, 0.2) is 0 Å². The SMILES string of the molecule is CNC(=O)C(C)NC(=O)c1csc([C@@H]2C[C@@H](N)CN2C(=O)c2cc3cc(C(F)(F)F)ccc3s2)n1. The zero-order valence-electron chi connectivity index (χ0n) is 18.7. The van der Waals surface area contributed by atoms with Gasteiger partial charge >= 0.3 is 6.18 Å². The van der Waals surface area contributed by atoms with Crippen LogP contribution in [0.3, 0.4) is 0 Å². The van der Waals surface area contributed by atoms with Crippen molar-refractivity contribution in [2.24, 2.45) is 5.73 Å². The highest BCUT2D eigenvalue weighted by atomic mass is 32.1. The van der Waals surface area contributed by atoms with Gasteiger partial charge in [-0.2, -0.15) is 13.2 Å². The maximum atomic E-state index is 13.3. The molecule has 0 saturated carbocycles. The molecule has 1 aliphatic heterocycles. The van der Waals surface area contributed by atoms with Crippen LogP contribution < -0.4 is 16.4 Å². The molecule has 3 aromatic rings. The number of carbonyl (C=O) groups is 3. The summed E-state index contributed by atoms with van der Waals surface area (Å²) in [4.78, 5) is 43.7. The number of aromatic nitrogens is 1. The lowest BCUT2D eigenvalue weighted by Crippen LogP contribution is -2.43. The van der Waals surface area contributed by atoms with E-state index in [0.29, 0.717) is 26.4 Å². The summed E-state index contributed by atoms with van der Waals surface area (Å²) in [5.41, 5.74) is 5.48. The molecule has 1 fully saturated rings. The first-order chi connectivity index (χ1) is 16.5. The van der Waals surface area contributed by atoms with Crippen molar-refractivity contribution in [2.45, 2.75) is 37.6 Å². The number of rotatable bonds is 5. The van der Waals surface area contributed by atoms with E-state index in [9.17, 15) is 27.6 Å². The van der Waals surface area contributed by atoms with Crippen molar-refractivity contribution < 1.29 is 27.6 Å². The highest BCUT2D eigenvalue weighted by molar-refractivity contribution is 7.20. The van der Waals surface area contributed by atoms with Gasteiger partial charge in [-0.05, 0) is 43.0 Å². The number of thiazole rings is 1. The van der Waals surface area contributed by atoms with E-state index in [4.69, 9.17) is 5.73 Å². The smallest absolute Gasteiger partial charge is 0.357 e. The zero-order valence-corrected chi connectivity index (χ0v) is 20.3. The number of amides is 3. The largest absolute Gasteiger partial charge is 0.416 e. The summed E-state index contributed by atoms with van der Waals surface area (Å²) >= 11 is 2.31. The standard InChI is InChI=1S/C22H22F3N5O3S2/c1-10(18(31)27-2)28-19(32)14-9-34-20(29-14)15-7-13(26)8-30(15)21(33)17-6-11-5-12(22(23,24)25)3-4-16(11)35-17/h3-6,9-10,13,15H,7-8,26H2,1-2H3,(H,27,31)(H,28,32)/t10?,13-,15+/m1/s1. The Labute approximate surface area is 206 Å². The molecule has 2 aromatic heterocycles. The molecule has 0 spiro atoms. The molecule has 186 valence electrons. The monoisotopic (exact) mass is 525 g/mol. The molecule has 1 unspecified atom stereocenters. The van der Waals surface area contributed by atoms with Gasteiger partial charge in [0.1, 0.15) is 16.7 Å². The van der Waals surface area contributed by atoms with E-state index in [1.807, 2.05) is 0 Å². The molecule has 0 radical (unpaired) electrons. The van der Waals surface area contributed by atoms with E-state index in [-0.39, 0.29) is 30.1 Å². The summed E-state index contributed by atoms with van der Waals surface area (Å²) in [6, 6.07) is 3.30. The summed E-state index contributed by atoms with van der Waals surface area (Å²) in [6.07, 6.45) is -4.04. The van der Waals surface area contributed by atoms with Gasteiger partial charge in [0.2, 0.25) is 5.91 Å². The lowest BCUT2D eigenvalue weighted by atomic mass is 10.1. The predicted octanol–water partition coefficient (Wildman–Crippen LogP) is 3.16. The highest BCUT2D eigenvalue weighted by Gasteiger charge is 2.38. The van der Waals surface area contributed by atoms with Gasteiger partial charge in [-0.25, -0.2) is 4.98 Å². The number of benzene rings is 1. The number of likely N-dealkylation sites (N-methyl/N-ethyl adjacent to an activating group) is 1. The minimum absolute atomic E-state index is 0.121. The molecule has 4 N–H and O–H groups in total. The second-order valence-electron chi connectivity index (χ2n) is 8.21. The van der Waals surface area contributed by atoms with Crippen molar-refractivity contribution in [3.8, 4) is 0 Å². The zero-order chi connectivity index (χ0) is 25.5. The van der Waals surface area contributed by atoms with Crippen LogP contribution in [0.4, 0.5) is 13.2 Å². The first-order valence-corrected chi connectivity index (χ1v) is 12.3. The molecule has 3 heterocycles. The maximum absolute atomic E-state index is 13.3. The van der Waals surface area contributed by atoms with E-state index in [1.165, 1.54) is 30.5 Å². The van der Waals surface area contributed by atoms with E-state index >= 15 is 0 Å². The first kappa shape index (κ1) is 25.1. The van der Waals surface area contributed by atoms with Gasteiger partial charge in [-0.3, -0.25) is 14.4 Å². The molecule has 1 aromatic carbocycles. The number of hydrogen-bond donors (Lipinski definition) is 3. The van der Waals surface area contributed by atoms with Gasteiger partial charge in [-0.15, -0.1) is 22.7 Å². The Morgan fingerprint density at radius 3 is 2.69 bits per heavy atom.